The molecule has 0 saturated carbocycles. The molecule has 23 heavy (non-hydrogen) atoms. The Hall–Kier alpha value is -3.08. The van der Waals surface area contributed by atoms with Crippen LogP contribution in [0.25, 0.3) is 6.08 Å². The third kappa shape index (κ3) is 3.08. The first kappa shape index (κ1) is 14.8. The first-order chi connectivity index (χ1) is 11.2. The van der Waals surface area contributed by atoms with Crippen LogP contribution in [-0.4, -0.2) is 26.0 Å². The topological polar surface area (TPSA) is 59.9 Å². The van der Waals surface area contributed by atoms with Gasteiger partial charge in [0.15, 0.2) is 0 Å². The van der Waals surface area contributed by atoms with Gasteiger partial charge in [-0.3, -0.25) is 4.79 Å². The number of amidine groups is 1. The zero-order chi connectivity index (χ0) is 16.2. The zero-order valence-electron chi connectivity index (χ0n) is 12.9. The van der Waals surface area contributed by atoms with E-state index in [0.29, 0.717) is 23.0 Å². The van der Waals surface area contributed by atoms with E-state index in [1.54, 1.807) is 20.3 Å². The Balaban J connectivity index is 1.96. The molecule has 0 fully saturated rings. The van der Waals surface area contributed by atoms with Crippen molar-refractivity contribution in [3.8, 4) is 11.5 Å². The summed E-state index contributed by atoms with van der Waals surface area (Å²) in [6, 6.07) is 14.9. The van der Waals surface area contributed by atoms with E-state index < -0.39 is 0 Å². The fourth-order valence-electron chi connectivity index (χ4n) is 2.31. The molecule has 0 radical (unpaired) electrons. The van der Waals surface area contributed by atoms with Gasteiger partial charge >= 0.3 is 0 Å². The van der Waals surface area contributed by atoms with E-state index in [0.717, 1.165) is 11.1 Å². The van der Waals surface area contributed by atoms with Gasteiger partial charge < -0.3 is 14.8 Å². The van der Waals surface area contributed by atoms with Crippen LogP contribution in [0.15, 0.2) is 59.2 Å². The van der Waals surface area contributed by atoms with Crippen LogP contribution in [-0.2, 0) is 4.79 Å². The molecule has 0 bridgehead atoms. The predicted molar refractivity (Wildman–Crippen MR) is 88.6 cm³/mol. The average Bonchev–Trinajstić information content (AvgIpc) is 2.96. The highest BCUT2D eigenvalue weighted by Gasteiger charge is 2.21. The van der Waals surface area contributed by atoms with Crippen molar-refractivity contribution in [3.63, 3.8) is 0 Å². The van der Waals surface area contributed by atoms with E-state index in [-0.39, 0.29) is 5.91 Å². The molecule has 0 aromatic heterocycles. The van der Waals surface area contributed by atoms with Gasteiger partial charge in [0.05, 0.1) is 14.2 Å². The number of hydrogen-bond donors (Lipinski definition) is 1. The molecule has 116 valence electrons. The normalized spacial score (nSPS) is 15.3. The van der Waals surface area contributed by atoms with Crippen molar-refractivity contribution < 1.29 is 14.3 Å². The van der Waals surface area contributed by atoms with Crippen LogP contribution in [0.4, 0.5) is 0 Å². The minimum absolute atomic E-state index is 0.242. The fourth-order valence-corrected chi connectivity index (χ4v) is 2.31. The second kappa shape index (κ2) is 6.36. The summed E-state index contributed by atoms with van der Waals surface area (Å²) in [6.07, 6.45) is 1.71. The Kier molecular flexibility index (Phi) is 4.10. The van der Waals surface area contributed by atoms with Gasteiger partial charge in [-0.05, 0) is 24.3 Å². The number of rotatable bonds is 4. The third-order valence-electron chi connectivity index (χ3n) is 3.47. The molecule has 1 aliphatic heterocycles. The van der Waals surface area contributed by atoms with Gasteiger partial charge in [-0.25, -0.2) is 4.99 Å². The van der Waals surface area contributed by atoms with Crippen molar-refractivity contribution in [2.45, 2.75) is 0 Å². The van der Waals surface area contributed by atoms with E-state index in [2.05, 4.69) is 10.3 Å². The maximum atomic E-state index is 12.2. The minimum Gasteiger partial charge on any atom is -0.497 e. The zero-order valence-corrected chi connectivity index (χ0v) is 12.9. The van der Waals surface area contributed by atoms with Gasteiger partial charge in [-0.2, -0.15) is 0 Å². The van der Waals surface area contributed by atoms with Gasteiger partial charge in [-0.1, -0.05) is 30.3 Å². The highest BCUT2D eigenvalue weighted by Crippen LogP contribution is 2.23. The van der Waals surface area contributed by atoms with Gasteiger partial charge in [0.25, 0.3) is 5.91 Å². The van der Waals surface area contributed by atoms with Gasteiger partial charge in [0, 0.05) is 11.1 Å². The number of nitrogens with zero attached hydrogens (tertiary/aromatic N) is 1. The van der Waals surface area contributed by atoms with Crippen LogP contribution in [0, 0.1) is 0 Å². The van der Waals surface area contributed by atoms with Crippen molar-refractivity contribution in [2.75, 3.05) is 14.2 Å². The standard InChI is InChI=1S/C18H16N2O3/c1-22-14-8-5-7-13(10-14)17-19-15(18(21)20-17)11-12-6-3-4-9-16(12)23-2/h3-11H,1-2H3,(H,19,20,21)/b15-11-. The molecule has 0 unspecified atom stereocenters. The number of para-hydroxylation sites is 1. The summed E-state index contributed by atoms with van der Waals surface area (Å²) in [5.41, 5.74) is 1.93. The molecule has 2 aromatic carbocycles. The Bertz CT molecular complexity index is 809. The molecule has 1 heterocycles. The Morgan fingerprint density at radius 3 is 2.65 bits per heavy atom. The Morgan fingerprint density at radius 1 is 1.04 bits per heavy atom. The van der Waals surface area contributed by atoms with Crippen LogP contribution in [0.2, 0.25) is 0 Å². The molecule has 0 saturated heterocycles. The van der Waals surface area contributed by atoms with Crippen molar-refractivity contribution in [3.05, 3.63) is 65.4 Å². The van der Waals surface area contributed by atoms with Crippen molar-refractivity contribution in [1.29, 1.82) is 0 Å². The number of amides is 1. The summed E-state index contributed by atoms with van der Waals surface area (Å²) in [5.74, 6) is 1.67. The molecule has 5 nitrogen and oxygen atoms in total. The molecular formula is C18H16N2O3. The van der Waals surface area contributed by atoms with E-state index in [9.17, 15) is 4.79 Å². The highest BCUT2D eigenvalue weighted by atomic mass is 16.5. The molecule has 2 aromatic rings. The monoisotopic (exact) mass is 308 g/mol. The van der Waals surface area contributed by atoms with Gasteiger partial charge in [0.1, 0.15) is 23.0 Å². The number of carbonyl (C=O) groups excluding carboxylic acids is 1. The number of methoxy groups -OCH3 is 2. The maximum Gasteiger partial charge on any atom is 0.275 e. The maximum absolute atomic E-state index is 12.2. The summed E-state index contributed by atoms with van der Waals surface area (Å²) in [6.45, 7) is 0. The second-order valence-corrected chi connectivity index (χ2v) is 4.92. The Morgan fingerprint density at radius 2 is 1.87 bits per heavy atom. The van der Waals surface area contributed by atoms with E-state index in [1.165, 1.54) is 0 Å². The first-order valence-corrected chi connectivity index (χ1v) is 7.10. The van der Waals surface area contributed by atoms with E-state index in [1.807, 2.05) is 48.5 Å². The summed E-state index contributed by atoms with van der Waals surface area (Å²) < 4.78 is 10.5. The smallest absolute Gasteiger partial charge is 0.275 e. The van der Waals surface area contributed by atoms with E-state index in [4.69, 9.17) is 9.47 Å². The lowest BCUT2D eigenvalue weighted by Gasteiger charge is -2.03. The molecule has 0 spiro atoms. The van der Waals surface area contributed by atoms with Crippen LogP contribution >= 0.6 is 0 Å². The largest absolute Gasteiger partial charge is 0.497 e. The number of hydrogen-bond acceptors (Lipinski definition) is 4. The van der Waals surface area contributed by atoms with Crippen LogP contribution in [0.1, 0.15) is 11.1 Å². The fraction of sp³-hybridized carbons (Fsp3) is 0.111. The predicted octanol–water partition coefficient (Wildman–Crippen LogP) is 2.62. The van der Waals surface area contributed by atoms with Gasteiger partial charge in [0.2, 0.25) is 0 Å². The van der Waals surface area contributed by atoms with Crippen LogP contribution < -0.4 is 14.8 Å². The van der Waals surface area contributed by atoms with Gasteiger partial charge in [-0.15, -0.1) is 0 Å². The summed E-state index contributed by atoms with van der Waals surface area (Å²) in [5, 5.41) is 2.78. The van der Waals surface area contributed by atoms with Crippen LogP contribution in [0.3, 0.4) is 0 Å². The molecule has 0 aliphatic carbocycles. The summed E-state index contributed by atoms with van der Waals surface area (Å²) in [4.78, 5) is 16.5. The lowest BCUT2D eigenvalue weighted by atomic mass is 10.1. The minimum atomic E-state index is -0.242. The lowest BCUT2D eigenvalue weighted by molar-refractivity contribution is -0.115. The quantitative estimate of drug-likeness (QED) is 0.883. The average molecular weight is 308 g/mol. The Labute approximate surface area is 134 Å². The summed E-state index contributed by atoms with van der Waals surface area (Å²) >= 11 is 0. The molecule has 3 rings (SSSR count). The molecule has 1 amide bonds. The van der Waals surface area contributed by atoms with Crippen molar-refractivity contribution in [2.24, 2.45) is 4.99 Å². The summed E-state index contributed by atoms with van der Waals surface area (Å²) in [7, 11) is 3.19. The highest BCUT2D eigenvalue weighted by molar-refractivity contribution is 6.19. The molecule has 1 N–H and O–H groups in total. The number of benzene rings is 2. The first-order valence-electron chi connectivity index (χ1n) is 7.10. The lowest BCUT2D eigenvalue weighted by Crippen LogP contribution is -2.24. The molecule has 5 heteroatoms. The van der Waals surface area contributed by atoms with Crippen molar-refractivity contribution >= 4 is 17.8 Å². The third-order valence-corrected chi connectivity index (χ3v) is 3.47. The molecule has 0 atom stereocenters. The SMILES string of the molecule is COc1cccc(C2=N/C(=C\c3ccccc3OC)C(=O)N2)c1. The van der Waals surface area contributed by atoms with Crippen LogP contribution in [0.5, 0.6) is 11.5 Å². The number of nitrogens with one attached hydrogen (secondary N) is 1. The number of carbonyl (C=O) groups is 1. The second-order valence-electron chi connectivity index (χ2n) is 4.92. The number of aliphatic imine (C=N–C) groups is 1. The molecular weight excluding hydrogens is 292 g/mol. The van der Waals surface area contributed by atoms with E-state index >= 15 is 0 Å². The number of ether oxygens (including phenoxy) is 2. The van der Waals surface area contributed by atoms with Crippen molar-refractivity contribution in [1.82, 2.24) is 5.32 Å². The molecule has 1 aliphatic rings.